The molecule has 1 saturated carbocycles. The highest BCUT2D eigenvalue weighted by atomic mass is 16.3. The molecule has 2 aromatic rings. The molecule has 2 heterocycles. The van der Waals surface area contributed by atoms with E-state index in [0.717, 1.165) is 36.2 Å². The van der Waals surface area contributed by atoms with Crippen LogP contribution in [0.3, 0.4) is 0 Å². The van der Waals surface area contributed by atoms with Crippen LogP contribution in [0.15, 0.2) is 22.8 Å². The summed E-state index contributed by atoms with van der Waals surface area (Å²) in [6, 6.07) is 4.14. The van der Waals surface area contributed by atoms with Crippen molar-refractivity contribution in [2.45, 2.75) is 58.5 Å². The molecular formula is C17H24N2O2. The van der Waals surface area contributed by atoms with Crippen molar-refractivity contribution in [2.75, 3.05) is 0 Å². The van der Waals surface area contributed by atoms with Crippen molar-refractivity contribution in [3.8, 4) is 0 Å². The summed E-state index contributed by atoms with van der Waals surface area (Å²) in [5, 5.41) is 3.20. The van der Waals surface area contributed by atoms with Crippen LogP contribution in [0.25, 0.3) is 11.1 Å². The number of nitrogens with one attached hydrogen (secondary N) is 1. The lowest BCUT2D eigenvalue weighted by atomic mass is 9.95. The summed E-state index contributed by atoms with van der Waals surface area (Å²) in [4.78, 5) is 12.6. The molecule has 1 N–H and O–H groups in total. The standard InChI is InChI=1S/C17H24N2O2/c1-12(2)11-19-14-8-9-21-16(14)10-15(19)17(20)18-13-6-4-3-5-7-13/h8-10,12-13H,3-7,11H2,1-2H3,(H,18,20). The van der Waals surface area contributed by atoms with Gasteiger partial charge < -0.3 is 14.3 Å². The van der Waals surface area contributed by atoms with Crippen LogP contribution in [-0.2, 0) is 6.54 Å². The zero-order valence-corrected chi connectivity index (χ0v) is 12.9. The number of hydrogen-bond acceptors (Lipinski definition) is 2. The normalized spacial score (nSPS) is 16.7. The Bertz CT molecular complexity index is 618. The SMILES string of the molecule is CC(C)Cn1c(C(=O)NC2CCCCC2)cc2occc21. The van der Waals surface area contributed by atoms with E-state index in [1.165, 1.54) is 19.3 Å². The van der Waals surface area contributed by atoms with Crippen molar-refractivity contribution in [1.82, 2.24) is 9.88 Å². The molecule has 4 heteroatoms. The molecule has 4 nitrogen and oxygen atoms in total. The lowest BCUT2D eigenvalue weighted by Crippen LogP contribution is -2.37. The van der Waals surface area contributed by atoms with E-state index in [9.17, 15) is 4.79 Å². The van der Waals surface area contributed by atoms with Gasteiger partial charge in [0, 0.05) is 24.7 Å². The predicted molar refractivity (Wildman–Crippen MR) is 83.4 cm³/mol. The van der Waals surface area contributed by atoms with Crippen LogP contribution in [0.5, 0.6) is 0 Å². The van der Waals surface area contributed by atoms with Crippen molar-refractivity contribution in [3.63, 3.8) is 0 Å². The smallest absolute Gasteiger partial charge is 0.268 e. The Morgan fingerprint density at radius 1 is 1.38 bits per heavy atom. The van der Waals surface area contributed by atoms with Gasteiger partial charge in [0.25, 0.3) is 5.91 Å². The molecule has 0 atom stereocenters. The molecule has 0 aromatic carbocycles. The number of carbonyl (C=O) groups excluding carboxylic acids is 1. The molecule has 1 aliphatic rings. The second-order valence-electron chi connectivity index (χ2n) is 6.51. The van der Waals surface area contributed by atoms with Crippen molar-refractivity contribution in [2.24, 2.45) is 5.92 Å². The third-order valence-corrected chi connectivity index (χ3v) is 4.24. The first-order valence-corrected chi connectivity index (χ1v) is 8.02. The summed E-state index contributed by atoms with van der Waals surface area (Å²) in [6.07, 6.45) is 7.63. The summed E-state index contributed by atoms with van der Waals surface area (Å²) in [7, 11) is 0. The fourth-order valence-electron chi connectivity index (χ4n) is 3.23. The highest BCUT2D eigenvalue weighted by molar-refractivity contribution is 5.97. The highest BCUT2D eigenvalue weighted by Crippen LogP contribution is 2.23. The van der Waals surface area contributed by atoms with Gasteiger partial charge in [0.2, 0.25) is 0 Å². The van der Waals surface area contributed by atoms with Gasteiger partial charge in [0.15, 0.2) is 5.58 Å². The van der Waals surface area contributed by atoms with Crippen LogP contribution in [0.4, 0.5) is 0 Å². The zero-order chi connectivity index (χ0) is 14.8. The second kappa shape index (κ2) is 5.96. The number of fused-ring (bicyclic) bond motifs is 1. The number of nitrogens with zero attached hydrogens (tertiary/aromatic N) is 1. The molecule has 0 aliphatic heterocycles. The lowest BCUT2D eigenvalue weighted by Gasteiger charge is -2.23. The second-order valence-corrected chi connectivity index (χ2v) is 6.51. The summed E-state index contributed by atoms with van der Waals surface area (Å²) >= 11 is 0. The van der Waals surface area contributed by atoms with Crippen LogP contribution in [0.1, 0.15) is 56.4 Å². The molecule has 0 radical (unpaired) electrons. The van der Waals surface area contributed by atoms with Gasteiger partial charge in [-0.2, -0.15) is 0 Å². The minimum atomic E-state index is 0.0361. The number of amides is 1. The van der Waals surface area contributed by atoms with Gasteiger partial charge >= 0.3 is 0 Å². The monoisotopic (exact) mass is 288 g/mol. The number of carbonyl (C=O) groups is 1. The predicted octanol–water partition coefficient (Wildman–Crippen LogP) is 3.95. The average Bonchev–Trinajstić information content (AvgIpc) is 3.02. The Morgan fingerprint density at radius 2 is 2.14 bits per heavy atom. The van der Waals surface area contributed by atoms with Crippen LogP contribution in [0, 0.1) is 5.92 Å². The van der Waals surface area contributed by atoms with Gasteiger partial charge in [-0.15, -0.1) is 0 Å². The van der Waals surface area contributed by atoms with Crippen LogP contribution < -0.4 is 5.32 Å². The van der Waals surface area contributed by atoms with E-state index in [1.54, 1.807) is 6.26 Å². The maximum Gasteiger partial charge on any atom is 0.268 e. The van der Waals surface area contributed by atoms with Gasteiger partial charge in [-0.1, -0.05) is 33.1 Å². The van der Waals surface area contributed by atoms with Gasteiger partial charge in [0.1, 0.15) is 5.69 Å². The minimum absolute atomic E-state index is 0.0361. The van der Waals surface area contributed by atoms with E-state index in [-0.39, 0.29) is 5.91 Å². The Kier molecular flexibility index (Phi) is 4.04. The highest BCUT2D eigenvalue weighted by Gasteiger charge is 2.21. The van der Waals surface area contributed by atoms with Gasteiger partial charge in [-0.05, 0) is 18.8 Å². The van der Waals surface area contributed by atoms with Crippen LogP contribution in [0.2, 0.25) is 0 Å². The van der Waals surface area contributed by atoms with Crippen molar-refractivity contribution in [3.05, 3.63) is 24.1 Å². The molecule has 0 unspecified atom stereocenters. The third-order valence-electron chi connectivity index (χ3n) is 4.24. The molecular weight excluding hydrogens is 264 g/mol. The van der Waals surface area contributed by atoms with E-state index in [4.69, 9.17) is 4.42 Å². The maximum atomic E-state index is 12.6. The maximum absolute atomic E-state index is 12.6. The molecule has 1 fully saturated rings. The third kappa shape index (κ3) is 2.99. The first kappa shape index (κ1) is 14.2. The van der Waals surface area contributed by atoms with Gasteiger partial charge in [0.05, 0.1) is 11.8 Å². The molecule has 0 saturated heterocycles. The lowest BCUT2D eigenvalue weighted by molar-refractivity contribution is 0.0918. The summed E-state index contributed by atoms with van der Waals surface area (Å²) in [5.41, 5.74) is 2.53. The summed E-state index contributed by atoms with van der Waals surface area (Å²) in [5.74, 6) is 0.519. The molecule has 114 valence electrons. The molecule has 0 spiro atoms. The summed E-state index contributed by atoms with van der Waals surface area (Å²) < 4.78 is 7.55. The molecule has 0 bridgehead atoms. The van der Waals surface area contributed by atoms with E-state index < -0.39 is 0 Å². The molecule has 3 rings (SSSR count). The van der Waals surface area contributed by atoms with Crippen LogP contribution >= 0.6 is 0 Å². The van der Waals surface area contributed by atoms with E-state index >= 15 is 0 Å². The first-order valence-electron chi connectivity index (χ1n) is 8.02. The quantitative estimate of drug-likeness (QED) is 0.926. The number of aromatic nitrogens is 1. The fraction of sp³-hybridized carbons (Fsp3) is 0.588. The van der Waals surface area contributed by atoms with E-state index in [0.29, 0.717) is 12.0 Å². The molecule has 2 aromatic heterocycles. The number of hydrogen-bond donors (Lipinski definition) is 1. The van der Waals surface area contributed by atoms with Crippen LogP contribution in [-0.4, -0.2) is 16.5 Å². The first-order chi connectivity index (χ1) is 10.1. The fourth-order valence-corrected chi connectivity index (χ4v) is 3.23. The Labute approximate surface area is 125 Å². The molecule has 1 amide bonds. The number of rotatable bonds is 4. The van der Waals surface area contributed by atoms with Gasteiger partial charge in [-0.3, -0.25) is 4.79 Å². The topological polar surface area (TPSA) is 47.2 Å². The van der Waals surface area contributed by atoms with E-state index in [2.05, 4.69) is 23.7 Å². The zero-order valence-electron chi connectivity index (χ0n) is 12.9. The Morgan fingerprint density at radius 3 is 2.86 bits per heavy atom. The number of furan rings is 1. The summed E-state index contributed by atoms with van der Waals surface area (Å²) in [6.45, 7) is 5.15. The van der Waals surface area contributed by atoms with Crippen molar-refractivity contribution >= 4 is 17.0 Å². The van der Waals surface area contributed by atoms with Crippen molar-refractivity contribution < 1.29 is 9.21 Å². The largest absolute Gasteiger partial charge is 0.463 e. The van der Waals surface area contributed by atoms with Crippen molar-refractivity contribution in [1.29, 1.82) is 0 Å². The molecule has 21 heavy (non-hydrogen) atoms. The van der Waals surface area contributed by atoms with E-state index in [1.807, 2.05) is 12.1 Å². The average molecular weight is 288 g/mol. The minimum Gasteiger partial charge on any atom is -0.463 e. The Balaban J connectivity index is 1.84. The Hall–Kier alpha value is -1.71. The molecule has 1 aliphatic carbocycles. The van der Waals surface area contributed by atoms with Gasteiger partial charge in [-0.25, -0.2) is 0 Å².